The SMILES string of the molecule is Cc1ccccc1CNC(=O)c1cc(N2CCc3ccccc3C2)ccn1. The fourth-order valence-electron chi connectivity index (χ4n) is 3.53. The summed E-state index contributed by atoms with van der Waals surface area (Å²) in [7, 11) is 0. The number of carbonyl (C=O) groups excluding carboxylic acids is 1. The van der Waals surface area contributed by atoms with Gasteiger partial charge in [0.2, 0.25) is 0 Å². The van der Waals surface area contributed by atoms with Gasteiger partial charge in [-0.05, 0) is 47.7 Å². The largest absolute Gasteiger partial charge is 0.367 e. The van der Waals surface area contributed by atoms with E-state index in [4.69, 9.17) is 0 Å². The van der Waals surface area contributed by atoms with Crippen molar-refractivity contribution < 1.29 is 4.79 Å². The molecule has 3 aromatic rings. The van der Waals surface area contributed by atoms with Gasteiger partial charge in [-0.25, -0.2) is 0 Å². The van der Waals surface area contributed by atoms with E-state index in [1.165, 1.54) is 16.7 Å². The number of nitrogens with one attached hydrogen (secondary N) is 1. The Morgan fingerprint density at radius 3 is 2.70 bits per heavy atom. The van der Waals surface area contributed by atoms with Gasteiger partial charge in [-0.2, -0.15) is 0 Å². The molecular formula is C23H23N3O. The summed E-state index contributed by atoms with van der Waals surface area (Å²) >= 11 is 0. The number of carbonyl (C=O) groups is 1. The summed E-state index contributed by atoms with van der Waals surface area (Å²) in [5.41, 5.74) is 6.56. The highest BCUT2D eigenvalue weighted by atomic mass is 16.1. The Labute approximate surface area is 159 Å². The van der Waals surface area contributed by atoms with Crippen molar-refractivity contribution in [2.24, 2.45) is 0 Å². The first-order valence-electron chi connectivity index (χ1n) is 9.31. The molecule has 4 rings (SSSR count). The van der Waals surface area contributed by atoms with Crippen LogP contribution in [0.25, 0.3) is 0 Å². The lowest BCUT2D eigenvalue weighted by atomic mass is 9.99. The summed E-state index contributed by atoms with van der Waals surface area (Å²) in [6.07, 6.45) is 2.74. The van der Waals surface area contributed by atoms with Crippen LogP contribution in [0.15, 0.2) is 66.9 Å². The van der Waals surface area contributed by atoms with E-state index in [1.807, 2.05) is 30.3 Å². The van der Waals surface area contributed by atoms with Crippen LogP contribution in [0.3, 0.4) is 0 Å². The van der Waals surface area contributed by atoms with E-state index in [9.17, 15) is 4.79 Å². The Bertz CT molecular complexity index is 967. The van der Waals surface area contributed by atoms with Gasteiger partial charge in [-0.15, -0.1) is 0 Å². The predicted octanol–water partition coefficient (Wildman–Crippen LogP) is 3.88. The zero-order valence-corrected chi connectivity index (χ0v) is 15.5. The summed E-state index contributed by atoms with van der Waals surface area (Å²) in [5, 5.41) is 2.98. The summed E-state index contributed by atoms with van der Waals surface area (Å²) in [6.45, 7) is 4.37. The predicted molar refractivity (Wildman–Crippen MR) is 108 cm³/mol. The molecule has 0 bridgehead atoms. The fourth-order valence-corrected chi connectivity index (χ4v) is 3.53. The molecule has 0 unspecified atom stereocenters. The molecule has 136 valence electrons. The molecule has 1 N–H and O–H groups in total. The van der Waals surface area contributed by atoms with E-state index < -0.39 is 0 Å². The number of rotatable bonds is 4. The molecule has 0 atom stereocenters. The average molecular weight is 357 g/mol. The third kappa shape index (κ3) is 3.85. The van der Waals surface area contributed by atoms with Crippen LogP contribution in [0.4, 0.5) is 5.69 Å². The van der Waals surface area contributed by atoms with Gasteiger partial charge in [0, 0.05) is 31.5 Å². The van der Waals surface area contributed by atoms with Crippen LogP contribution in [0.2, 0.25) is 0 Å². The van der Waals surface area contributed by atoms with E-state index in [-0.39, 0.29) is 5.91 Å². The van der Waals surface area contributed by atoms with Gasteiger partial charge in [-0.3, -0.25) is 9.78 Å². The Balaban J connectivity index is 1.46. The van der Waals surface area contributed by atoms with Crippen LogP contribution < -0.4 is 10.2 Å². The lowest BCUT2D eigenvalue weighted by Gasteiger charge is -2.30. The first-order valence-corrected chi connectivity index (χ1v) is 9.31. The molecule has 0 fully saturated rings. The first kappa shape index (κ1) is 17.3. The van der Waals surface area contributed by atoms with E-state index in [2.05, 4.69) is 52.5 Å². The van der Waals surface area contributed by atoms with Crippen molar-refractivity contribution in [1.29, 1.82) is 0 Å². The summed E-state index contributed by atoms with van der Waals surface area (Å²) in [4.78, 5) is 19.2. The second-order valence-corrected chi connectivity index (χ2v) is 6.95. The van der Waals surface area contributed by atoms with Crippen LogP contribution in [0.1, 0.15) is 32.7 Å². The molecule has 1 aliphatic rings. The average Bonchev–Trinajstić information content (AvgIpc) is 2.72. The van der Waals surface area contributed by atoms with E-state index in [0.717, 1.165) is 30.8 Å². The molecule has 0 saturated carbocycles. The van der Waals surface area contributed by atoms with Gasteiger partial charge >= 0.3 is 0 Å². The quantitative estimate of drug-likeness (QED) is 0.771. The molecule has 0 saturated heterocycles. The van der Waals surface area contributed by atoms with Crippen molar-refractivity contribution in [3.63, 3.8) is 0 Å². The molecule has 4 nitrogen and oxygen atoms in total. The lowest BCUT2D eigenvalue weighted by Crippen LogP contribution is -2.31. The zero-order valence-electron chi connectivity index (χ0n) is 15.5. The van der Waals surface area contributed by atoms with Crippen LogP contribution in [0, 0.1) is 6.92 Å². The summed E-state index contributed by atoms with van der Waals surface area (Å²) < 4.78 is 0. The number of anilines is 1. The van der Waals surface area contributed by atoms with E-state index in [1.54, 1.807) is 6.20 Å². The number of amides is 1. The van der Waals surface area contributed by atoms with Crippen LogP contribution in [0.5, 0.6) is 0 Å². The van der Waals surface area contributed by atoms with E-state index >= 15 is 0 Å². The third-order valence-corrected chi connectivity index (χ3v) is 5.17. The number of aromatic nitrogens is 1. The van der Waals surface area contributed by atoms with E-state index in [0.29, 0.717) is 12.2 Å². The van der Waals surface area contributed by atoms with Gasteiger partial charge in [0.05, 0.1) is 0 Å². The van der Waals surface area contributed by atoms with Crippen LogP contribution in [-0.2, 0) is 19.5 Å². The fraction of sp³-hybridized carbons (Fsp3) is 0.217. The van der Waals surface area contributed by atoms with Gasteiger partial charge in [-0.1, -0.05) is 48.5 Å². The zero-order chi connectivity index (χ0) is 18.6. The number of nitrogens with zero attached hydrogens (tertiary/aromatic N) is 2. The second-order valence-electron chi connectivity index (χ2n) is 6.95. The minimum Gasteiger partial charge on any atom is -0.367 e. The minimum absolute atomic E-state index is 0.141. The number of pyridine rings is 1. The lowest BCUT2D eigenvalue weighted by molar-refractivity contribution is 0.0946. The third-order valence-electron chi connectivity index (χ3n) is 5.17. The smallest absolute Gasteiger partial charge is 0.270 e. The highest BCUT2D eigenvalue weighted by molar-refractivity contribution is 5.93. The highest BCUT2D eigenvalue weighted by Crippen LogP contribution is 2.24. The molecule has 0 radical (unpaired) electrons. The number of aryl methyl sites for hydroxylation is 1. The first-order chi connectivity index (χ1) is 13.2. The van der Waals surface area contributed by atoms with Gasteiger partial charge in [0.25, 0.3) is 5.91 Å². The Morgan fingerprint density at radius 2 is 1.85 bits per heavy atom. The Morgan fingerprint density at radius 1 is 1.07 bits per heavy atom. The number of hydrogen-bond acceptors (Lipinski definition) is 3. The Kier molecular flexibility index (Phi) is 4.88. The topological polar surface area (TPSA) is 45.2 Å². The van der Waals surface area contributed by atoms with Crippen molar-refractivity contribution in [2.45, 2.75) is 26.4 Å². The highest BCUT2D eigenvalue weighted by Gasteiger charge is 2.17. The van der Waals surface area contributed by atoms with Crippen molar-refractivity contribution in [1.82, 2.24) is 10.3 Å². The standard InChI is InChI=1S/C23H23N3O/c1-17-6-2-3-8-19(17)15-25-23(27)22-14-21(10-12-24-22)26-13-11-18-7-4-5-9-20(18)16-26/h2-10,12,14H,11,13,15-16H2,1H3,(H,25,27). The molecule has 1 aromatic heterocycles. The number of benzene rings is 2. The van der Waals surface area contributed by atoms with Crippen LogP contribution in [-0.4, -0.2) is 17.4 Å². The van der Waals surface area contributed by atoms with Gasteiger partial charge in [0.15, 0.2) is 0 Å². The minimum atomic E-state index is -0.141. The molecule has 27 heavy (non-hydrogen) atoms. The molecule has 2 aromatic carbocycles. The van der Waals surface area contributed by atoms with Crippen LogP contribution >= 0.6 is 0 Å². The van der Waals surface area contributed by atoms with Gasteiger partial charge in [0.1, 0.15) is 5.69 Å². The molecule has 1 amide bonds. The van der Waals surface area contributed by atoms with Crippen molar-refractivity contribution >= 4 is 11.6 Å². The van der Waals surface area contributed by atoms with Gasteiger partial charge < -0.3 is 10.2 Å². The molecule has 0 spiro atoms. The maximum Gasteiger partial charge on any atom is 0.270 e. The Hall–Kier alpha value is -3.14. The second kappa shape index (κ2) is 7.62. The van der Waals surface area contributed by atoms with Crippen molar-refractivity contribution in [3.05, 3.63) is 94.8 Å². The van der Waals surface area contributed by atoms with Crippen molar-refractivity contribution in [3.8, 4) is 0 Å². The molecule has 0 aliphatic carbocycles. The normalized spacial score (nSPS) is 13.1. The molecule has 4 heteroatoms. The molecule has 1 aliphatic heterocycles. The summed E-state index contributed by atoms with van der Waals surface area (Å²) in [5.74, 6) is -0.141. The number of fused-ring (bicyclic) bond motifs is 1. The van der Waals surface area contributed by atoms with Crippen molar-refractivity contribution in [2.75, 3.05) is 11.4 Å². The molecular weight excluding hydrogens is 334 g/mol. The maximum atomic E-state index is 12.6. The molecule has 2 heterocycles. The maximum absolute atomic E-state index is 12.6. The summed E-state index contributed by atoms with van der Waals surface area (Å²) in [6, 6.07) is 20.5. The monoisotopic (exact) mass is 357 g/mol. The number of hydrogen-bond donors (Lipinski definition) is 1.